The molecule has 1 aliphatic heterocycles. The lowest BCUT2D eigenvalue weighted by atomic mass is 10.2. The largest absolute Gasteiger partial charge is 0.497 e. The summed E-state index contributed by atoms with van der Waals surface area (Å²) >= 11 is 1.52. The standard InChI is InChI=1S/C23H26N4O2S/c1-16(30-20-12-10-19(29-2)11-13-20)23(28)24-18-8-6-7-17(15-18)22-26-25-21-9-4-3-5-14-27(21)22/h6-8,10-13,15-16H,3-5,9,14H2,1-2H3,(H,24,28). The summed E-state index contributed by atoms with van der Waals surface area (Å²) in [5.41, 5.74) is 1.74. The minimum atomic E-state index is -0.230. The summed E-state index contributed by atoms with van der Waals surface area (Å²) in [6.45, 7) is 2.86. The molecule has 1 atom stereocenters. The third kappa shape index (κ3) is 4.67. The van der Waals surface area contributed by atoms with E-state index in [1.165, 1.54) is 18.2 Å². The monoisotopic (exact) mass is 422 g/mol. The quantitative estimate of drug-likeness (QED) is 0.578. The maximum absolute atomic E-state index is 12.7. The molecule has 4 rings (SSSR count). The van der Waals surface area contributed by atoms with Crippen molar-refractivity contribution >= 4 is 23.4 Å². The van der Waals surface area contributed by atoms with Gasteiger partial charge in [0.15, 0.2) is 5.82 Å². The smallest absolute Gasteiger partial charge is 0.237 e. The van der Waals surface area contributed by atoms with Crippen LogP contribution in [0, 0.1) is 0 Å². The van der Waals surface area contributed by atoms with Crippen LogP contribution in [0.4, 0.5) is 5.69 Å². The first-order chi connectivity index (χ1) is 14.6. The number of carbonyl (C=O) groups excluding carboxylic acids is 1. The molecule has 0 saturated heterocycles. The lowest BCUT2D eigenvalue weighted by molar-refractivity contribution is -0.115. The molecule has 156 valence electrons. The van der Waals surface area contributed by atoms with Crippen molar-refractivity contribution in [3.63, 3.8) is 0 Å². The Labute approximate surface area is 181 Å². The molecule has 0 bridgehead atoms. The highest BCUT2D eigenvalue weighted by Gasteiger charge is 2.18. The van der Waals surface area contributed by atoms with E-state index in [1.54, 1.807) is 7.11 Å². The zero-order valence-corrected chi connectivity index (χ0v) is 18.1. The molecule has 30 heavy (non-hydrogen) atoms. The van der Waals surface area contributed by atoms with E-state index in [2.05, 4.69) is 20.1 Å². The first kappa shape index (κ1) is 20.5. The molecule has 3 aromatic rings. The van der Waals surface area contributed by atoms with E-state index in [0.717, 1.165) is 59.4 Å². The van der Waals surface area contributed by atoms with Crippen molar-refractivity contribution in [2.75, 3.05) is 12.4 Å². The molecule has 2 heterocycles. The molecular formula is C23H26N4O2S. The average Bonchev–Trinajstić information content (AvgIpc) is 3.02. The molecule has 6 nitrogen and oxygen atoms in total. The van der Waals surface area contributed by atoms with Gasteiger partial charge in [0.25, 0.3) is 0 Å². The number of ether oxygens (including phenoxy) is 1. The van der Waals surface area contributed by atoms with Gasteiger partial charge in [0, 0.05) is 29.1 Å². The summed E-state index contributed by atoms with van der Waals surface area (Å²) in [6, 6.07) is 15.6. The number of benzene rings is 2. The van der Waals surface area contributed by atoms with Crippen molar-refractivity contribution in [3.8, 4) is 17.1 Å². The maximum Gasteiger partial charge on any atom is 0.237 e. The van der Waals surface area contributed by atoms with Crippen LogP contribution in [-0.2, 0) is 17.8 Å². The SMILES string of the molecule is COc1ccc(SC(C)C(=O)Nc2cccc(-c3nnc4n3CCCCC4)c2)cc1. The van der Waals surface area contributed by atoms with Crippen molar-refractivity contribution in [2.24, 2.45) is 0 Å². The van der Waals surface area contributed by atoms with Crippen LogP contribution in [0.15, 0.2) is 53.4 Å². The first-order valence-corrected chi connectivity index (χ1v) is 11.2. The van der Waals surface area contributed by atoms with Gasteiger partial charge in [-0.3, -0.25) is 4.79 Å². The molecule has 0 spiro atoms. The van der Waals surface area contributed by atoms with Gasteiger partial charge >= 0.3 is 0 Å². The van der Waals surface area contributed by atoms with Gasteiger partial charge in [-0.05, 0) is 56.2 Å². The molecule has 1 N–H and O–H groups in total. The highest BCUT2D eigenvalue weighted by molar-refractivity contribution is 8.00. The number of aromatic nitrogens is 3. The normalized spacial score (nSPS) is 14.5. The minimum absolute atomic E-state index is 0.0342. The van der Waals surface area contributed by atoms with E-state index in [-0.39, 0.29) is 11.2 Å². The number of thioether (sulfide) groups is 1. The average molecular weight is 423 g/mol. The van der Waals surface area contributed by atoms with Crippen molar-refractivity contribution < 1.29 is 9.53 Å². The summed E-state index contributed by atoms with van der Waals surface area (Å²) in [6.07, 6.45) is 4.51. The number of rotatable bonds is 6. The lowest BCUT2D eigenvalue weighted by Gasteiger charge is -2.13. The Morgan fingerprint density at radius 3 is 2.77 bits per heavy atom. The molecule has 1 amide bonds. The number of hydrogen-bond donors (Lipinski definition) is 1. The predicted molar refractivity (Wildman–Crippen MR) is 120 cm³/mol. The highest BCUT2D eigenvalue weighted by Crippen LogP contribution is 2.28. The van der Waals surface area contributed by atoms with Gasteiger partial charge in [0.2, 0.25) is 5.91 Å². The highest BCUT2D eigenvalue weighted by atomic mass is 32.2. The van der Waals surface area contributed by atoms with Crippen molar-refractivity contribution in [1.29, 1.82) is 0 Å². The molecule has 0 fully saturated rings. The van der Waals surface area contributed by atoms with Crippen LogP contribution in [0.2, 0.25) is 0 Å². The first-order valence-electron chi connectivity index (χ1n) is 10.3. The fourth-order valence-corrected chi connectivity index (χ4v) is 4.46. The van der Waals surface area contributed by atoms with Gasteiger partial charge in [0.1, 0.15) is 11.6 Å². The number of amides is 1. The zero-order valence-electron chi connectivity index (χ0n) is 17.3. The summed E-state index contributed by atoms with van der Waals surface area (Å²) in [7, 11) is 1.64. The van der Waals surface area contributed by atoms with Crippen molar-refractivity contribution in [1.82, 2.24) is 14.8 Å². The molecule has 0 radical (unpaired) electrons. The molecule has 1 aliphatic rings. The molecule has 1 unspecified atom stereocenters. The van der Waals surface area contributed by atoms with Crippen molar-refractivity contribution in [3.05, 3.63) is 54.4 Å². The van der Waals surface area contributed by atoms with E-state index in [4.69, 9.17) is 4.74 Å². The summed E-state index contributed by atoms with van der Waals surface area (Å²) < 4.78 is 7.40. The Hall–Kier alpha value is -2.80. The summed E-state index contributed by atoms with van der Waals surface area (Å²) in [4.78, 5) is 13.8. The topological polar surface area (TPSA) is 69.0 Å². The maximum atomic E-state index is 12.7. The number of carbonyl (C=O) groups is 1. The zero-order chi connectivity index (χ0) is 20.9. The molecule has 0 aliphatic carbocycles. The van der Waals surface area contributed by atoms with E-state index in [1.807, 2.05) is 55.5 Å². The second-order valence-corrected chi connectivity index (χ2v) is 8.82. The molecule has 2 aromatic carbocycles. The van der Waals surface area contributed by atoms with Gasteiger partial charge in [-0.2, -0.15) is 0 Å². The summed E-state index contributed by atoms with van der Waals surface area (Å²) in [5.74, 6) is 2.71. The molecule has 0 saturated carbocycles. The van der Waals surface area contributed by atoms with E-state index < -0.39 is 0 Å². The third-order valence-electron chi connectivity index (χ3n) is 5.24. The number of methoxy groups -OCH3 is 1. The number of fused-ring (bicyclic) bond motifs is 1. The van der Waals surface area contributed by atoms with Crippen LogP contribution < -0.4 is 10.1 Å². The molecule has 1 aromatic heterocycles. The Morgan fingerprint density at radius 2 is 1.97 bits per heavy atom. The molecule has 7 heteroatoms. The fourth-order valence-electron chi connectivity index (χ4n) is 3.59. The fraction of sp³-hybridized carbons (Fsp3) is 0.348. The van der Waals surface area contributed by atoms with Crippen molar-refractivity contribution in [2.45, 2.75) is 49.3 Å². The number of aryl methyl sites for hydroxylation is 1. The van der Waals surface area contributed by atoms with Gasteiger partial charge < -0.3 is 14.6 Å². The van der Waals surface area contributed by atoms with Gasteiger partial charge in [0.05, 0.1) is 12.4 Å². The number of nitrogens with one attached hydrogen (secondary N) is 1. The predicted octanol–water partition coefficient (Wildman–Crippen LogP) is 4.80. The lowest BCUT2D eigenvalue weighted by Crippen LogP contribution is -2.22. The second kappa shape index (κ2) is 9.34. The Bertz CT molecular complexity index is 1020. The van der Waals surface area contributed by atoms with Gasteiger partial charge in [-0.25, -0.2) is 0 Å². The van der Waals surface area contributed by atoms with Crippen LogP contribution in [-0.4, -0.2) is 33.0 Å². The van der Waals surface area contributed by atoms with E-state index in [0.29, 0.717) is 0 Å². The Balaban J connectivity index is 1.45. The minimum Gasteiger partial charge on any atom is -0.497 e. The van der Waals surface area contributed by atoms with Crippen LogP contribution in [0.5, 0.6) is 5.75 Å². The van der Waals surface area contributed by atoms with Crippen LogP contribution >= 0.6 is 11.8 Å². The van der Waals surface area contributed by atoms with E-state index >= 15 is 0 Å². The van der Waals surface area contributed by atoms with Crippen LogP contribution in [0.3, 0.4) is 0 Å². The van der Waals surface area contributed by atoms with E-state index in [9.17, 15) is 4.79 Å². The van der Waals surface area contributed by atoms with Crippen LogP contribution in [0.1, 0.15) is 32.0 Å². The summed E-state index contributed by atoms with van der Waals surface area (Å²) in [5, 5.41) is 11.6. The Morgan fingerprint density at radius 1 is 1.13 bits per heavy atom. The third-order valence-corrected chi connectivity index (χ3v) is 6.35. The van der Waals surface area contributed by atoms with Crippen LogP contribution in [0.25, 0.3) is 11.4 Å². The van der Waals surface area contributed by atoms with Gasteiger partial charge in [-0.1, -0.05) is 18.6 Å². The van der Waals surface area contributed by atoms with Gasteiger partial charge in [-0.15, -0.1) is 22.0 Å². The Kier molecular flexibility index (Phi) is 6.38. The number of nitrogens with zero attached hydrogens (tertiary/aromatic N) is 3. The second-order valence-electron chi connectivity index (χ2n) is 7.41. The number of anilines is 1. The molecular weight excluding hydrogens is 396 g/mol. The number of hydrogen-bond acceptors (Lipinski definition) is 5.